The smallest absolute Gasteiger partial charge is 0.160 e. The van der Waals surface area contributed by atoms with E-state index in [9.17, 15) is 5.11 Å². The maximum Gasteiger partial charge on any atom is 0.160 e. The van der Waals surface area contributed by atoms with Gasteiger partial charge in [-0.15, -0.1) is 0 Å². The molecule has 0 aromatic carbocycles. The molecule has 2 rings (SSSR count). The summed E-state index contributed by atoms with van der Waals surface area (Å²) in [6.07, 6.45) is 2.20. The number of nitrogens with zero attached hydrogens (tertiary/aromatic N) is 2. The van der Waals surface area contributed by atoms with Gasteiger partial charge in [-0.25, -0.2) is 0 Å². The monoisotopic (exact) mass is 304 g/mol. The number of aliphatic hydroxyl groups is 1. The van der Waals surface area contributed by atoms with E-state index in [0.717, 1.165) is 23.1 Å². The van der Waals surface area contributed by atoms with E-state index in [-0.39, 0.29) is 6.29 Å². The van der Waals surface area contributed by atoms with E-state index in [2.05, 4.69) is 28.0 Å². The number of halogens is 1. The van der Waals surface area contributed by atoms with Crippen molar-refractivity contribution in [2.75, 3.05) is 13.2 Å². The topological polar surface area (TPSA) is 56.5 Å². The van der Waals surface area contributed by atoms with Gasteiger partial charge in [0.15, 0.2) is 6.29 Å². The third kappa shape index (κ3) is 3.07. The fourth-order valence-electron chi connectivity index (χ4n) is 1.93. The summed E-state index contributed by atoms with van der Waals surface area (Å²) in [5.41, 5.74) is 0.797. The van der Waals surface area contributed by atoms with E-state index in [1.807, 2.05) is 4.68 Å². The minimum Gasteiger partial charge on any atom is -0.387 e. The third-order valence-corrected chi connectivity index (χ3v) is 3.30. The van der Waals surface area contributed by atoms with Crippen LogP contribution in [0.5, 0.6) is 0 Å². The first-order valence-corrected chi connectivity index (χ1v) is 6.64. The molecule has 1 unspecified atom stereocenters. The molecule has 1 N–H and O–H groups in total. The van der Waals surface area contributed by atoms with Crippen LogP contribution in [0.15, 0.2) is 10.7 Å². The maximum absolute atomic E-state index is 10.2. The third-order valence-electron chi connectivity index (χ3n) is 2.69. The molecule has 0 aliphatic carbocycles. The number of ether oxygens (including phenoxy) is 2. The highest BCUT2D eigenvalue weighted by Gasteiger charge is 2.25. The number of aryl methyl sites for hydroxylation is 1. The summed E-state index contributed by atoms with van der Waals surface area (Å²) >= 11 is 3.41. The Morgan fingerprint density at radius 3 is 2.94 bits per heavy atom. The first-order valence-electron chi connectivity index (χ1n) is 5.84. The van der Waals surface area contributed by atoms with Gasteiger partial charge in [0.2, 0.25) is 0 Å². The van der Waals surface area contributed by atoms with Crippen LogP contribution < -0.4 is 0 Å². The quantitative estimate of drug-likeness (QED) is 0.902. The Morgan fingerprint density at radius 2 is 2.29 bits per heavy atom. The number of hydrogen-bond acceptors (Lipinski definition) is 4. The van der Waals surface area contributed by atoms with Crippen LogP contribution in [0.1, 0.15) is 31.6 Å². The lowest BCUT2D eigenvalue weighted by atomic mass is 10.2. The van der Waals surface area contributed by atoms with Crippen molar-refractivity contribution in [2.24, 2.45) is 0 Å². The van der Waals surface area contributed by atoms with E-state index in [1.165, 1.54) is 0 Å². The van der Waals surface area contributed by atoms with Crippen molar-refractivity contribution in [3.63, 3.8) is 0 Å². The zero-order chi connectivity index (χ0) is 12.3. The van der Waals surface area contributed by atoms with Crippen molar-refractivity contribution < 1.29 is 14.6 Å². The van der Waals surface area contributed by atoms with Gasteiger partial charge in [0.1, 0.15) is 6.10 Å². The van der Waals surface area contributed by atoms with Gasteiger partial charge in [0.05, 0.1) is 29.6 Å². The van der Waals surface area contributed by atoms with E-state index in [0.29, 0.717) is 19.6 Å². The molecule has 0 amide bonds. The molecule has 1 aliphatic heterocycles. The second-order valence-corrected chi connectivity index (χ2v) is 4.88. The minimum atomic E-state index is -0.624. The number of hydrogen-bond donors (Lipinski definition) is 1. The van der Waals surface area contributed by atoms with Crippen molar-refractivity contribution in [2.45, 2.75) is 38.7 Å². The molecule has 1 aromatic heterocycles. The average molecular weight is 305 g/mol. The second-order valence-electron chi connectivity index (χ2n) is 4.02. The van der Waals surface area contributed by atoms with E-state index in [4.69, 9.17) is 9.47 Å². The predicted octanol–water partition coefficient (Wildman–Crippen LogP) is 1.85. The predicted molar refractivity (Wildman–Crippen MR) is 65.5 cm³/mol. The Hall–Kier alpha value is -0.430. The zero-order valence-corrected chi connectivity index (χ0v) is 11.4. The van der Waals surface area contributed by atoms with Crippen LogP contribution in [0.4, 0.5) is 0 Å². The van der Waals surface area contributed by atoms with Gasteiger partial charge in [-0.2, -0.15) is 5.10 Å². The van der Waals surface area contributed by atoms with Crippen LogP contribution in [0, 0.1) is 0 Å². The van der Waals surface area contributed by atoms with Gasteiger partial charge in [-0.3, -0.25) is 4.68 Å². The number of rotatable bonds is 5. The van der Waals surface area contributed by atoms with Crippen LogP contribution in [-0.4, -0.2) is 34.4 Å². The fraction of sp³-hybridized carbons (Fsp3) is 0.727. The summed E-state index contributed by atoms with van der Waals surface area (Å²) in [5, 5.41) is 14.4. The molecule has 0 radical (unpaired) electrons. The van der Waals surface area contributed by atoms with E-state index < -0.39 is 6.10 Å². The summed E-state index contributed by atoms with van der Waals surface area (Å²) in [4.78, 5) is 0. The SMILES string of the molecule is CCCn1ncc(Br)c1C(O)CC1OCCO1. The second kappa shape index (κ2) is 5.95. The molecule has 1 atom stereocenters. The lowest BCUT2D eigenvalue weighted by Gasteiger charge is -2.16. The summed E-state index contributed by atoms with van der Waals surface area (Å²) in [6, 6.07) is 0. The lowest BCUT2D eigenvalue weighted by molar-refractivity contribution is -0.0720. The van der Waals surface area contributed by atoms with Crippen molar-refractivity contribution in [1.29, 1.82) is 0 Å². The molecule has 6 heteroatoms. The van der Waals surface area contributed by atoms with Crippen LogP contribution in [-0.2, 0) is 16.0 Å². The van der Waals surface area contributed by atoms with Gasteiger partial charge in [-0.1, -0.05) is 6.92 Å². The highest BCUT2D eigenvalue weighted by atomic mass is 79.9. The molecule has 1 aliphatic rings. The molecular formula is C11H17BrN2O3. The average Bonchev–Trinajstić information content (AvgIpc) is 2.89. The Labute approximate surface area is 109 Å². The molecule has 1 saturated heterocycles. The lowest BCUT2D eigenvalue weighted by Crippen LogP contribution is -2.16. The Morgan fingerprint density at radius 1 is 1.59 bits per heavy atom. The van der Waals surface area contributed by atoms with Crippen molar-refractivity contribution in [3.05, 3.63) is 16.4 Å². The Kier molecular flexibility index (Phi) is 4.55. The first kappa shape index (κ1) is 13.0. The molecule has 1 fully saturated rings. The van der Waals surface area contributed by atoms with Crippen LogP contribution >= 0.6 is 15.9 Å². The summed E-state index contributed by atoms with van der Waals surface area (Å²) < 4.78 is 13.3. The largest absolute Gasteiger partial charge is 0.387 e. The molecular weight excluding hydrogens is 288 g/mol. The Balaban J connectivity index is 2.05. The maximum atomic E-state index is 10.2. The standard InChI is InChI=1S/C11H17BrN2O3/c1-2-3-14-11(8(12)7-13-14)9(15)6-10-16-4-5-17-10/h7,9-10,15H,2-6H2,1H3. The first-order chi connectivity index (χ1) is 8.22. The number of aromatic nitrogens is 2. The van der Waals surface area contributed by atoms with Crippen molar-refractivity contribution in [1.82, 2.24) is 9.78 Å². The molecule has 17 heavy (non-hydrogen) atoms. The summed E-state index contributed by atoms with van der Waals surface area (Å²) in [6.45, 7) is 4.08. The minimum absolute atomic E-state index is 0.304. The van der Waals surface area contributed by atoms with Crippen LogP contribution in [0.2, 0.25) is 0 Å². The normalized spacial score (nSPS) is 18.8. The van der Waals surface area contributed by atoms with Gasteiger partial charge in [-0.05, 0) is 22.4 Å². The van der Waals surface area contributed by atoms with Gasteiger partial charge < -0.3 is 14.6 Å². The van der Waals surface area contributed by atoms with Crippen LogP contribution in [0.3, 0.4) is 0 Å². The van der Waals surface area contributed by atoms with Crippen molar-refractivity contribution >= 4 is 15.9 Å². The molecule has 1 aromatic rings. The molecule has 0 bridgehead atoms. The molecule has 5 nitrogen and oxygen atoms in total. The highest BCUT2D eigenvalue weighted by molar-refractivity contribution is 9.10. The summed E-state index contributed by atoms with van der Waals surface area (Å²) in [5.74, 6) is 0. The zero-order valence-electron chi connectivity index (χ0n) is 9.80. The molecule has 2 heterocycles. The highest BCUT2D eigenvalue weighted by Crippen LogP contribution is 2.28. The van der Waals surface area contributed by atoms with Gasteiger partial charge >= 0.3 is 0 Å². The fourth-order valence-corrected chi connectivity index (χ4v) is 2.49. The summed E-state index contributed by atoms with van der Waals surface area (Å²) in [7, 11) is 0. The number of aliphatic hydroxyl groups excluding tert-OH is 1. The van der Waals surface area contributed by atoms with E-state index in [1.54, 1.807) is 6.20 Å². The van der Waals surface area contributed by atoms with E-state index >= 15 is 0 Å². The van der Waals surface area contributed by atoms with Crippen molar-refractivity contribution in [3.8, 4) is 0 Å². The van der Waals surface area contributed by atoms with Gasteiger partial charge in [0, 0.05) is 13.0 Å². The molecule has 0 spiro atoms. The van der Waals surface area contributed by atoms with Crippen LogP contribution in [0.25, 0.3) is 0 Å². The molecule has 96 valence electrons. The van der Waals surface area contributed by atoms with Gasteiger partial charge in [0.25, 0.3) is 0 Å². The molecule has 0 saturated carbocycles. The Bertz CT molecular complexity index is 364.